The van der Waals surface area contributed by atoms with Gasteiger partial charge in [0.15, 0.2) is 5.16 Å². The quantitative estimate of drug-likeness (QED) is 0.619. The minimum absolute atomic E-state index is 0.140. The molecule has 0 saturated carbocycles. The van der Waals surface area contributed by atoms with E-state index < -0.39 is 0 Å². The highest BCUT2D eigenvalue weighted by molar-refractivity contribution is 7.99. The molecule has 0 radical (unpaired) electrons. The van der Waals surface area contributed by atoms with E-state index in [-0.39, 0.29) is 11.7 Å². The van der Waals surface area contributed by atoms with Gasteiger partial charge in [0.25, 0.3) is 0 Å². The molecule has 7 heteroatoms. The van der Waals surface area contributed by atoms with Crippen molar-refractivity contribution in [3.63, 3.8) is 0 Å². The number of hydrogen-bond acceptors (Lipinski definition) is 4. The van der Waals surface area contributed by atoms with Crippen molar-refractivity contribution in [2.45, 2.75) is 32.9 Å². The molecule has 140 valence electrons. The lowest BCUT2D eigenvalue weighted by atomic mass is 10.1. The van der Waals surface area contributed by atoms with Gasteiger partial charge in [-0.2, -0.15) is 0 Å². The number of nitrogens with zero attached hydrogens (tertiary/aromatic N) is 3. The Balaban J connectivity index is 1.75. The van der Waals surface area contributed by atoms with E-state index in [0.717, 1.165) is 28.2 Å². The second kappa shape index (κ2) is 8.15. The molecule has 0 aliphatic rings. The molecule has 0 fully saturated rings. The van der Waals surface area contributed by atoms with Gasteiger partial charge in [-0.05, 0) is 62.6 Å². The largest absolute Gasteiger partial charge is 0.324 e. The van der Waals surface area contributed by atoms with Crippen LogP contribution in [0.2, 0.25) is 5.02 Å². The molecule has 0 atom stereocenters. The Bertz CT molecular complexity index is 1000. The first-order valence-electron chi connectivity index (χ1n) is 8.53. The van der Waals surface area contributed by atoms with Gasteiger partial charge in [0, 0.05) is 0 Å². The van der Waals surface area contributed by atoms with Crippen LogP contribution in [-0.4, -0.2) is 26.4 Å². The van der Waals surface area contributed by atoms with Gasteiger partial charge in [0.05, 0.1) is 22.2 Å². The van der Waals surface area contributed by atoms with Crippen molar-refractivity contribution in [3.05, 3.63) is 63.9 Å². The van der Waals surface area contributed by atoms with Gasteiger partial charge >= 0.3 is 0 Å². The Kier molecular flexibility index (Phi) is 5.87. The van der Waals surface area contributed by atoms with E-state index in [2.05, 4.69) is 40.6 Å². The Hall–Kier alpha value is -2.31. The van der Waals surface area contributed by atoms with Crippen LogP contribution in [-0.2, 0) is 4.79 Å². The normalized spacial score (nSPS) is 10.9. The number of carbonyl (C=O) groups excluding carboxylic acids is 1. The Labute approximate surface area is 168 Å². The lowest BCUT2D eigenvalue weighted by Gasteiger charge is -2.12. The number of amides is 1. The van der Waals surface area contributed by atoms with Gasteiger partial charge < -0.3 is 5.32 Å². The molecule has 0 saturated heterocycles. The first-order chi connectivity index (χ1) is 12.8. The van der Waals surface area contributed by atoms with Gasteiger partial charge in [-0.3, -0.25) is 9.36 Å². The molecule has 0 aliphatic heterocycles. The van der Waals surface area contributed by atoms with Crippen LogP contribution < -0.4 is 5.32 Å². The zero-order valence-corrected chi connectivity index (χ0v) is 17.3. The topological polar surface area (TPSA) is 59.8 Å². The number of aromatic nitrogens is 3. The number of carbonyl (C=O) groups is 1. The molecule has 0 unspecified atom stereocenters. The summed E-state index contributed by atoms with van der Waals surface area (Å²) >= 11 is 7.53. The minimum atomic E-state index is -0.140. The molecular formula is C20H21ClN4OS. The van der Waals surface area contributed by atoms with Crippen molar-refractivity contribution in [2.24, 2.45) is 0 Å². The fourth-order valence-corrected chi connectivity index (χ4v) is 3.78. The fraction of sp³-hybridized carbons (Fsp3) is 0.250. The van der Waals surface area contributed by atoms with Crippen LogP contribution in [0.3, 0.4) is 0 Å². The summed E-state index contributed by atoms with van der Waals surface area (Å²) in [4.78, 5) is 12.4. The highest BCUT2D eigenvalue weighted by Crippen LogP contribution is 2.26. The van der Waals surface area contributed by atoms with Crippen LogP contribution in [0.15, 0.2) is 41.6 Å². The summed E-state index contributed by atoms with van der Waals surface area (Å²) in [5, 5.41) is 12.5. The van der Waals surface area contributed by atoms with Gasteiger partial charge in [-0.15, -0.1) is 10.2 Å². The first-order valence-corrected chi connectivity index (χ1v) is 9.90. The molecule has 27 heavy (non-hydrogen) atoms. The van der Waals surface area contributed by atoms with Crippen molar-refractivity contribution in [2.75, 3.05) is 11.1 Å². The zero-order valence-electron chi connectivity index (χ0n) is 15.7. The van der Waals surface area contributed by atoms with E-state index >= 15 is 0 Å². The summed E-state index contributed by atoms with van der Waals surface area (Å²) in [6.07, 6.45) is 0. The fourth-order valence-electron chi connectivity index (χ4n) is 2.71. The van der Waals surface area contributed by atoms with Crippen LogP contribution in [0.25, 0.3) is 5.69 Å². The SMILES string of the molecule is Cc1ccc(NC(=O)CSc2nnc(C)n2-c2cc(C)ccc2C)c(Cl)c1. The Morgan fingerprint density at radius 2 is 1.78 bits per heavy atom. The first kappa shape index (κ1) is 19.5. The lowest BCUT2D eigenvalue weighted by molar-refractivity contribution is -0.113. The molecule has 5 nitrogen and oxygen atoms in total. The number of hydrogen-bond donors (Lipinski definition) is 1. The molecule has 3 rings (SSSR count). The van der Waals surface area contributed by atoms with E-state index in [9.17, 15) is 4.79 Å². The van der Waals surface area contributed by atoms with Gasteiger partial charge in [0.2, 0.25) is 5.91 Å². The molecule has 0 spiro atoms. The molecular weight excluding hydrogens is 380 g/mol. The van der Waals surface area contributed by atoms with Crippen LogP contribution in [0, 0.1) is 27.7 Å². The van der Waals surface area contributed by atoms with Crippen molar-refractivity contribution >= 4 is 35.0 Å². The van der Waals surface area contributed by atoms with Gasteiger partial charge in [0.1, 0.15) is 5.82 Å². The van der Waals surface area contributed by atoms with Crippen molar-refractivity contribution < 1.29 is 4.79 Å². The van der Waals surface area contributed by atoms with Crippen LogP contribution >= 0.6 is 23.4 Å². The van der Waals surface area contributed by atoms with Gasteiger partial charge in [-0.1, -0.05) is 41.6 Å². The molecule has 3 aromatic rings. The number of aryl methyl sites for hydroxylation is 4. The molecule has 1 heterocycles. The zero-order chi connectivity index (χ0) is 19.6. The lowest BCUT2D eigenvalue weighted by Crippen LogP contribution is -2.15. The second-order valence-corrected chi connectivity index (χ2v) is 7.82. The van der Waals surface area contributed by atoms with Crippen LogP contribution in [0.1, 0.15) is 22.5 Å². The predicted octanol–water partition coefficient (Wildman–Crippen LogP) is 4.89. The molecule has 1 amide bonds. The number of benzene rings is 2. The third kappa shape index (κ3) is 4.51. The van der Waals surface area contributed by atoms with Crippen molar-refractivity contribution in [3.8, 4) is 5.69 Å². The highest BCUT2D eigenvalue weighted by Gasteiger charge is 2.15. The smallest absolute Gasteiger partial charge is 0.234 e. The summed E-state index contributed by atoms with van der Waals surface area (Å²) in [5.41, 5.74) is 4.97. The molecule has 0 bridgehead atoms. The van der Waals surface area contributed by atoms with Crippen LogP contribution in [0.4, 0.5) is 5.69 Å². The van der Waals surface area contributed by atoms with E-state index in [0.29, 0.717) is 15.9 Å². The van der Waals surface area contributed by atoms with Crippen LogP contribution in [0.5, 0.6) is 0 Å². The maximum absolute atomic E-state index is 12.4. The number of halogens is 1. The standard InChI is InChI=1S/C20H21ClN4OS/c1-12-6-8-17(16(21)9-12)22-19(26)11-27-20-24-23-15(4)25(20)18-10-13(2)5-7-14(18)3/h5-10H,11H2,1-4H3,(H,22,26). The van der Waals surface area contributed by atoms with E-state index in [1.54, 1.807) is 0 Å². The number of rotatable bonds is 5. The molecule has 1 N–H and O–H groups in total. The maximum atomic E-state index is 12.4. The molecule has 2 aromatic carbocycles. The summed E-state index contributed by atoms with van der Waals surface area (Å²) in [6.45, 7) is 7.96. The monoisotopic (exact) mass is 400 g/mol. The maximum Gasteiger partial charge on any atom is 0.234 e. The number of nitrogens with one attached hydrogen (secondary N) is 1. The van der Waals surface area contributed by atoms with Crippen molar-refractivity contribution in [1.82, 2.24) is 14.8 Å². The number of thioether (sulfide) groups is 1. The number of anilines is 1. The Morgan fingerprint density at radius 1 is 1.07 bits per heavy atom. The highest BCUT2D eigenvalue weighted by atomic mass is 35.5. The average molecular weight is 401 g/mol. The van der Waals surface area contributed by atoms with Gasteiger partial charge in [-0.25, -0.2) is 0 Å². The third-order valence-electron chi connectivity index (χ3n) is 4.13. The van der Waals surface area contributed by atoms with E-state index in [1.165, 1.54) is 11.8 Å². The third-order valence-corrected chi connectivity index (χ3v) is 5.37. The minimum Gasteiger partial charge on any atom is -0.324 e. The predicted molar refractivity (Wildman–Crippen MR) is 111 cm³/mol. The Morgan fingerprint density at radius 3 is 2.52 bits per heavy atom. The summed E-state index contributed by atoms with van der Waals surface area (Å²) < 4.78 is 1.99. The molecule has 0 aliphatic carbocycles. The summed E-state index contributed by atoms with van der Waals surface area (Å²) in [5.74, 6) is 0.861. The average Bonchev–Trinajstić information content (AvgIpc) is 2.98. The van der Waals surface area contributed by atoms with E-state index in [1.807, 2.05) is 43.5 Å². The second-order valence-electron chi connectivity index (χ2n) is 6.48. The summed E-state index contributed by atoms with van der Waals surface area (Å²) in [7, 11) is 0. The van der Waals surface area contributed by atoms with Crippen molar-refractivity contribution in [1.29, 1.82) is 0 Å². The molecule has 1 aromatic heterocycles. The van der Waals surface area contributed by atoms with E-state index in [4.69, 9.17) is 11.6 Å². The summed E-state index contributed by atoms with van der Waals surface area (Å²) in [6, 6.07) is 11.8.